The van der Waals surface area contributed by atoms with Crippen molar-refractivity contribution in [2.24, 2.45) is 17.8 Å². The van der Waals surface area contributed by atoms with Gasteiger partial charge in [-0.1, -0.05) is 54.5 Å². The first kappa shape index (κ1) is 35.8. The topological polar surface area (TPSA) is 132 Å². The molecule has 3 fully saturated rings. The van der Waals surface area contributed by atoms with E-state index in [0.29, 0.717) is 24.6 Å². The van der Waals surface area contributed by atoms with Crippen LogP contribution in [0.3, 0.4) is 0 Å². The number of amides is 4. The summed E-state index contributed by atoms with van der Waals surface area (Å²) < 4.78 is 73.5. The monoisotopic (exact) mass is 764 g/mol. The molecule has 7 rings (SSSR count). The number of hydrogen-bond acceptors (Lipinski definition) is 6. The molecule has 0 spiro atoms. The van der Waals surface area contributed by atoms with Gasteiger partial charge in [-0.05, 0) is 37.0 Å². The van der Waals surface area contributed by atoms with Crippen LogP contribution < -0.4 is 4.90 Å². The molecular weight excluding hydrogens is 738 g/mol. The molecule has 6 atom stereocenters. The molecule has 52 heavy (non-hydrogen) atoms. The molecule has 4 amide bonds. The van der Waals surface area contributed by atoms with Gasteiger partial charge in [-0.2, -0.15) is 0 Å². The number of aliphatic carboxylic acids is 1. The van der Waals surface area contributed by atoms with Gasteiger partial charge in [-0.15, -0.1) is 23.2 Å². The fraction of sp³-hybridized carbons (Fsp3) is 0.361. The average Bonchev–Trinajstić information content (AvgIpc) is 3.44. The largest absolute Gasteiger partial charge is 0.507 e. The molecule has 0 aromatic heterocycles. The Morgan fingerprint density at radius 2 is 1.48 bits per heavy atom. The van der Waals surface area contributed by atoms with Crippen LogP contribution in [0.2, 0.25) is 0 Å². The number of carboxylic acids is 1. The Kier molecular flexibility index (Phi) is 8.64. The zero-order valence-electron chi connectivity index (χ0n) is 26.8. The predicted molar refractivity (Wildman–Crippen MR) is 175 cm³/mol. The normalized spacial score (nSPS) is 28.3. The Balaban J connectivity index is 1.38. The van der Waals surface area contributed by atoms with Crippen molar-refractivity contribution in [3.05, 3.63) is 82.7 Å². The number of carbonyl (C=O) groups excluding carboxylic acids is 4. The number of benzene rings is 3. The number of imide groups is 2. The van der Waals surface area contributed by atoms with Crippen molar-refractivity contribution < 1.29 is 56.1 Å². The molecule has 2 heterocycles. The smallest absolute Gasteiger partial charge is 0.303 e. The van der Waals surface area contributed by atoms with Gasteiger partial charge in [0, 0.05) is 29.8 Å². The van der Waals surface area contributed by atoms with E-state index in [4.69, 9.17) is 28.3 Å². The number of nitrogens with zero attached hydrogens (tertiary/aromatic N) is 2. The lowest BCUT2D eigenvalue weighted by molar-refractivity contribution is -0.141. The molecule has 2 aliphatic heterocycles. The highest BCUT2D eigenvalue weighted by Gasteiger charge is 2.77. The molecule has 0 bridgehead atoms. The molecule has 2 aliphatic carbocycles. The molecule has 4 aliphatic rings. The molecule has 16 heteroatoms. The lowest BCUT2D eigenvalue weighted by Crippen LogP contribution is -2.60. The highest BCUT2D eigenvalue weighted by atomic mass is 35.5. The van der Waals surface area contributed by atoms with Crippen LogP contribution in [0.5, 0.6) is 5.75 Å². The van der Waals surface area contributed by atoms with Crippen LogP contribution in [0.1, 0.15) is 50.0 Å². The minimum atomic E-state index is -2.77. The Morgan fingerprint density at radius 1 is 0.827 bits per heavy atom. The second-order valence-corrected chi connectivity index (χ2v) is 14.7. The van der Waals surface area contributed by atoms with Gasteiger partial charge in [0.15, 0.2) is 33.0 Å². The molecule has 9 nitrogen and oxygen atoms in total. The van der Waals surface area contributed by atoms with Gasteiger partial charge in [0.05, 0.1) is 11.8 Å². The van der Waals surface area contributed by atoms with E-state index in [1.165, 1.54) is 6.07 Å². The summed E-state index contributed by atoms with van der Waals surface area (Å²) >= 11 is 14.3. The van der Waals surface area contributed by atoms with Crippen LogP contribution in [-0.2, 0) is 24.0 Å². The van der Waals surface area contributed by atoms with E-state index >= 15 is 8.78 Å². The first-order valence-corrected chi connectivity index (χ1v) is 17.1. The van der Waals surface area contributed by atoms with Crippen molar-refractivity contribution >= 4 is 69.3 Å². The minimum absolute atomic E-state index is 0.0296. The van der Waals surface area contributed by atoms with Crippen LogP contribution in [0.15, 0.2) is 48.0 Å². The molecule has 272 valence electrons. The zero-order valence-corrected chi connectivity index (χ0v) is 28.3. The summed E-state index contributed by atoms with van der Waals surface area (Å²) in [5, 5.41) is 21.4. The fourth-order valence-electron chi connectivity index (χ4n) is 8.43. The van der Waals surface area contributed by atoms with Crippen molar-refractivity contribution in [1.82, 2.24) is 4.90 Å². The van der Waals surface area contributed by atoms with Gasteiger partial charge in [0.2, 0.25) is 17.6 Å². The number of halogens is 7. The Labute approximate surface area is 301 Å². The van der Waals surface area contributed by atoms with Crippen LogP contribution in [-0.4, -0.2) is 61.0 Å². The number of carboxylic acid groups (broad SMARTS) is 1. The quantitative estimate of drug-likeness (QED) is 0.0513. The number of anilines is 1. The molecule has 2 N–H and O–H groups in total. The van der Waals surface area contributed by atoms with Gasteiger partial charge in [-0.3, -0.25) is 28.9 Å². The second-order valence-electron chi connectivity index (χ2n) is 13.4. The maximum absolute atomic E-state index is 15.3. The summed E-state index contributed by atoms with van der Waals surface area (Å²) in [6, 6.07) is 9.47. The number of hydrogen-bond donors (Lipinski definition) is 2. The zero-order chi connectivity index (χ0) is 37.6. The fourth-order valence-corrected chi connectivity index (χ4v) is 9.35. The average molecular weight is 766 g/mol. The predicted octanol–water partition coefficient (Wildman–Crippen LogP) is 6.45. The van der Waals surface area contributed by atoms with E-state index in [-0.39, 0.29) is 40.8 Å². The van der Waals surface area contributed by atoms with Gasteiger partial charge in [0.25, 0.3) is 11.8 Å². The van der Waals surface area contributed by atoms with Gasteiger partial charge in [-0.25, -0.2) is 26.9 Å². The highest BCUT2D eigenvalue weighted by Crippen LogP contribution is 2.67. The van der Waals surface area contributed by atoms with Crippen molar-refractivity contribution in [2.75, 3.05) is 11.4 Å². The van der Waals surface area contributed by atoms with Gasteiger partial charge >= 0.3 is 5.97 Å². The number of rotatable bonds is 8. The van der Waals surface area contributed by atoms with Crippen molar-refractivity contribution in [1.29, 1.82) is 0 Å². The van der Waals surface area contributed by atoms with E-state index in [9.17, 15) is 42.3 Å². The Hall–Kier alpha value is -4.56. The maximum atomic E-state index is 15.3. The van der Waals surface area contributed by atoms with Crippen LogP contribution in [0, 0.1) is 46.8 Å². The third-order valence-electron chi connectivity index (χ3n) is 10.8. The summed E-state index contributed by atoms with van der Waals surface area (Å²) in [5.74, 6) is -23.1. The molecule has 0 radical (unpaired) electrons. The van der Waals surface area contributed by atoms with Gasteiger partial charge < -0.3 is 10.2 Å². The molecular formula is C36H27Cl2F5N2O7. The van der Waals surface area contributed by atoms with Crippen molar-refractivity contribution in [3.8, 4) is 5.75 Å². The number of allylic oxidation sites excluding steroid dienone is 2. The lowest BCUT2D eigenvalue weighted by Gasteiger charge is -2.50. The third kappa shape index (κ3) is 4.82. The van der Waals surface area contributed by atoms with Crippen molar-refractivity contribution in [2.45, 2.75) is 54.2 Å². The molecule has 2 saturated heterocycles. The van der Waals surface area contributed by atoms with Crippen LogP contribution >= 0.6 is 23.2 Å². The first-order chi connectivity index (χ1) is 24.6. The summed E-state index contributed by atoms with van der Waals surface area (Å²) in [6.07, 6.45) is 1.75. The van der Waals surface area contributed by atoms with Crippen LogP contribution in [0.25, 0.3) is 10.8 Å². The SMILES string of the molecule is O=C(O)CCCCCN1C(=O)[C@H]2[C@H](CC=C3[C@H]2C[C@@]2(Cl)C(=O)N(c4c(F)c(F)c(F)c(F)c4F)C(=O)[C@@]2(Cl)[C@H]3c2ccc3ccccc3c2O)C1=O. The van der Waals surface area contributed by atoms with E-state index in [1.807, 2.05) is 0 Å². The number of carbonyl (C=O) groups is 5. The number of phenols is 1. The number of fused-ring (bicyclic) bond motifs is 5. The number of alkyl halides is 2. The highest BCUT2D eigenvalue weighted by molar-refractivity contribution is 6.58. The lowest BCUT2D eigenvalue weighted by atomic mass is 9.56. The van der Waals surface area contributed by atoms with Crippen molar-refractivity contribution in [3.63, 3.8) is 0 Å². The van der Waals surface area contributed by atoms with E-state index in [0.717, 1.165) is 4.90 Å². The number of unbranched alkanes of at least 4 members (excludes halogenated alkanes) is 2. The van der Waals surface area contributed by atoms with Crippen LogP contribution in [0.4, 0.5) is 27.6 Å². The summed E-state index contributed by atoms with van der Waals surface area (Å²) in [5.41, 5.74) is -1.76. The molecule has 1 saturated carbocycles. The van der Waals surface area contributed by atoms with E-state index in [2.05, 4.69) is 0 Å². The van der Waals surface area contributed by atoms with E-state index in [1.54, 1.807) is 36.4 Å². The number of phenolic OH excluding ortho intramolecular Hbond substituents is 1. The summed E-state index contributed by atoms with van der Waals surface area (Å²) in [6.45, 7) is -0.0296. The summed E-state index contributed by atoms with van der Waals surface area (Å²) in [7, 11) is 0. The van der Waals surface area contributed by atoms with E-state index < -0.39 is 110 Å². The molecule has 3 aromatic rings. The molecule has 3 aromatic carbocycles. The van der Waals surface area contributed by atoms with Gasteiger partial charge in [0.1, 0.15) is 11.4 Å². The number of likely N-dealkylation sites (tertiary alicyclic amines) is 1. The Bertz CT molecular complexity index is 2140. The first-order valence-electron chi connectivity index (χ1n) is 16.3. The summed E-state index contributed by atoms with van der Waals surface area (Å²) in [4.78, 5) is 62.6. The molecule has 0 unspecified atom stereocenters. The second kappa shape index (κ2) is 12.5. The third-order valence-corrected chi connectivity index (χ3v) is 12.2. The Morgan fingerprint density at radius 3 is 2.15 bits per heavy atom. The minimum Gasteiger partial charge on any atom is -0.507 e. The standard InChI is InChI=1S/C36H27Cl2F5N2O7/c37-35-14-20-17(11-12-18-22(20)32(50)44(31(18)49)13-5-1-2-8-21(46)47)23(19-10-9-15-6-3-4-7-16(15)30(19)48)36(35,38)34(52)45(33(35)51)29-27(42)25(40)24(39)26(41)28(29)43/h3-4,6-7,9-11,18,20,22-23,48H,1-2,5,8,12-14H2,(H,46,47)/t18-,20+,22-,23+,35+,36-/m0/s1. The maximum Gasteiger partial charge on any atom is 0.303 e. The number of aromatic hydroxyl groups is 1.